The van der Waals surface area contributed by atoms with Crippen molar-refractivity contribution < 1.29 is 4.79 Å². The molecule has 0 aromatic carbocycles. The van der Waals surface area contributed by atoms with Crippen LogP contribution in [0.25, 0.3) is 0 Å². The highest BCUT2D eigenvalue weighted by molar-refractivity contribution is 5.93. The largest absolute Gasteiger partial charge is 0.295 e. The van der Waals surface area contributed by atoms with Gasteiger partial charge >= 0.3 is 0 Å². The van der Waals surface area contributed by atoms with Crippen molar-refractivity contribution in [1.29, 1.82) is 5.26 Å². The van der Waals surface area contributed by atoms with E-state index in [1.54, 1.807) is 6.08 Å². The predicted molar refractivity (Wildman–Crippen MR) is 55.5 cm³/mol. The van der Waals surface area contributed by atoms with Crippen molar-refractivity contribution in [3.8, 4) is 6.07 Å². The quantitative estimate of drug-likeness (QED) is 0.673. The number of rotatable bonds is 2. The Balaban J connectivity index is 2.82. The molecule has 1 aliphatic rings. The maximum atomic E-state index is 11.7. The molecule has 0 spiro atoms. The first-order chi connectivity index (χ1) is 6.47. The Hall–Kier alpha value is -1.10. The highest BCUT2D eigenvalue weighted by Gasteiger charge is 2.36. The smallest absolute Gasteiger partial charge is 0.159 e. The highest BCUT2D eigenvalue weighted by atomic mass is 16.1. The van der Waals surface area contributed by atoms with Crippen LogP contribution in [0.15, 0.2) is 11.6 Å². The van der Waals surface area contributed by atoms with E-state index in [9.17, 15) is 4.79 Å². The maximum absolute atomic E-state index is 11.7. The molecule has 0 saturated carbocycles. The maximum Gasteiger partial charge on any atom is 0.159 e. The number of nitrogens with zero attached hydrogens (tertiary/aromatic N) is 1. The van der Waals surface area contributed by atoms with Crippen LogP contribution in [0.2, 0.25) is 0 Å². The molecule has 0 aromatic rings. The van der Waals surface area contributed by atoms with Crippen LogP contribution in [-0.2, 0) is 4.79 Å². The minimum atomic E-state index is 0.0206. The van der Waals surface area contributed by atoms with Gasteiger partial charge in [0.25, 0.3) is 0 Å². The van der Waals surface area contributed by atoms with Gasteiger partial charge in [-0.3, -0.25) is 4.79 Å². The van der Waals surface area contributed by atoms with Crippen molar-refractivity contribution in [2.24, 2.45) is 11.3 Å². The Bertz CT molecular complexity index is 307. The number of nitriles is 1. The third-order valence-electron chi connectivity index (χ3n) is 2.95. The van der Waals surface area contributed by atoms with Gasteiger partial charge in [0.2, 0.25) is 0 Å². The lowest BCUT2D eigenvalue weighted by Gasteiger charge is -2.36. The lowest BCUT2D eigenvalue weighted by molar-refractivity contribution is -0.122. The predicted octanol–water partition coefficient (Wildman–Crippen LogP) is 2.85. The molecule has 0 aromatic heterocycles. The van der Waals surface area contributed by atoms with Crippen molar-refractivity contribution in [2.45, 2.75) is 40.0 Å². The van der Waals surface area contributed by atoms with Gasteiger partial charge in [-0.25, -0.2) is 0 Å². The van der Waals surface area contributed by atoms with Gasteiger partial charge in [-0.15, -0.1) is 0 Å². The van der Waals surface area contributed by atoms with Crippen LogP contribution < -0.4 is 0 Å². The Morgan fingerprint density at radius 1 is 1.64 bits per heavy atom. The summed E-state index contributed by atoms with van der Waals surface area (Å²) < 4.78 is 0. The Morgan fingerprint density at radius 3 is 2.79 bits per heavy atom. The fourth-order valence-corrected chi connectivity index (χ4v) is 2.36. The van der Waals surface area contributed by atoms with E-state index >= 15 is 0 Å². The highest BCUT2D eigenvalue weighted by Crippen LogP contribution is 2.40. The molecule has 14 heavy (non-hydrogen) atoms. The van der Waals surface area contributed by atoms with E-state index in [4.69, 9.17) is 5.26 Å². The van der Waals surface area contributed by atoms with E-state index < -0.39 is 0 Å². The standard InChI is InChI=1S/C12H17NO/c1-9-7-11(14)10(5-4-6-13)12(2,3)8-9/h7,10H,4-5,8H2,1-3H3/t10-/m0/s1. The van der Waals surface area contributed by atoms with Gasteiger partial charge in [0, 0.05) is 12.3 Å². The van der Waals surface area contributed by atoms with Gasteiger partial charge in [-0.05, 0) is 31.3 Å². The first kappa shape index (κ1) is 11.0. The molecule has 2 heteroatoms. The lowest BCUT2D eigenvalue weighted by Crippen LogP contribution is -2.33. The molecule has 0 fully saturated rings. The van der Waals surface area contributed by atoms with Crippen molar-refractivity contribution in [2.75, 3.05) is 0 Å². The molecule has 2 nitrogen and oxygen atoms in total. The van der Waals surface area contributed by atoms with E-state index in [0.717, 1.165) is 12.0 Å². The number of hydrogen-bond donors (Lipinski definition) is 0. The second-order valence-corrected chi connectivity index (χ2v) is 4.81. The number of ketones is 1. The molecule has 0 N–H and O–H groups in total. The molecular weight excluding hydrogens is 174 g/mol. The van der Waals surface area contributed by atoms with Crippen molar-refractivity contribution in [1.82, 2.24) is 0 Å². The summed E-state index contributed by atoms with van der Waals surface area (Å²) in [5.41, 5.74) is 1.18. The number of hydrogen-bond acceptors (Lipinski definition) is 2. The average Bonchev–Trinajstić information content (AvgIpc) is 2.00. The lowest BCUT2D eigenvalue weighted by atomic mass is 9.67. The zero-order valence-electron chi connectivity index (χ0n) is 9.13. The van der Waals surface area contributed by atoms with Crippen molar-refractivity contribution >= 4 is 5.78 Å². The first-order valence-electron chi connectivity index (χ1n) is 5.05. The van der Waals surface area contributed by atoms with Crippen molar-refractivity contribution in [3.63, 3.8) is 0 Å². The molecular formula is C12H17NO. The summed E-state index contributed by atoms with van der Waals surface area (Å²) in [6.07, 6.45) is 3.89. The van der Waals surface area contributed by atoms with Crippen LogP contribution in [0.1, 0.15) is 40.0 Å². The number of allylic oxidation sites excluding steroid dienone is 2. The van der Waals surface area contributed by atoms with E-state index in [0.29, 0.717) is 12.8 Å². The third-order valence-corrected chi connectivity index (χ3v) is 2.95. The molecule has 1 rings (SSSR count). The monoisotopic (exact) mass is 191 g/mol. The zero-order valence-corrected chi connectivity index (χ0v) is 9.13. The van der Waals surface area contributed by atoms with Gasteiger partial charge in [-0.2, -0.15) is 5.26 Å². The summed E-state index contributed by atoms with van der Waals surface area (Å²) >= 11 is 0. The summed E-state index contributed by atoms with van der Waals surface area (Å²) in [6, 6.07) is 2.11. The Morgan fingerprint density at radius 2 is 2.29 bits per heavy atom. The van der Waals surface area contributed by atoms with Gasteiger partial charge in [0.1, 0.15) is 0 Å². The molecule has 1 atom stereocenters. The molecule has 1 aliphatic carbocycles. The van der Waals surface area contributed by atoms with E-state index in [1.165, 1.54) is 0 Å². The normalized spacial score (nSPS) is 25.4. The molecule has 0 radical (unpaired) electrons. The summed E-state index contributed by atoms with van der Waals surface area (Å²) in [5.74, 6) is 0.236. The van der Waals surface area contributed by atoms with E-state index in [1.807, 2.05) is 6.92 Å². The SMILES string of the molecule is CC1=CC(=O)[C@H](CCC#N)C(C)(C)C1. The minimum Gasteiger partial charge on any atom is -0.295 e. The van der Waals surface area contributed by atoms with Crippen LogP contribution in [0.4, 0.5) is 0 Å². The Kier molecular flexibility index (Phi) is 3.10. The van der Waals surface area contributed by atoms with Crippen LogP contribution in [0.5, 0.6) is 0 Å². The molecule has 0 amide bonds. The van der Waals surface area contributed by atoms with E-state index in [2.05, 4.69) is 19.9 Å². The van der Waals surface area contributed by atoms with Crippen LogP contribution in [0.3, 0.4) is 0 Å². The molecule has 0 aliphatic heterocycles. The minimum absolute atomic E-state index is 0.0206. The fraction of sp³-hybridized carbons (Fsp3) is 0.667. The number of carbonyl (C=O) groups is 1. The second kappa shape index (κ2) is 3.96. The average molecular weight is 191 g/mol. The Labute approximate surface area is 85.6 Å². The van der Waals surface area contributed by atoms with Gasteiger partial charge < -0.3 is 0 Å². The van der Waals surface area contributed by atoms with Crippen LogP contribution in [-0.4, -0.2) is 5.78 Å². The number of carbonyl (C=O) groups excluding carboxylic acids is 1. The summed E-state index contributed by atoms with van der Waals surface area (Å²) in [7, 11) is 0. The molecule has 0 bridgehead atoms. The van der Waals surface area contributed by atoms with Crippen molar-refractivity contribution in [3.05, 3.63) is 11.6 Å². The molecule has 0 heterocycles. The second-order valence-electron chi connectivity index (χ2n) is 4.81. The summed E-state index contributed by atoms with van der Waals surface area (Å²) in [5, 5.41) is 8.53. The fourth-order valence-electron chi connectivity index (χ4n) is 2.36. The van der Waals surface area contributed by atoms with Crippen LogP contribution in [0, 0.1) is 22.7 Å². The van der Waals surface area contributed by atoms with Crippen LogP contribution >= 0.6 is 0 Å². The summed E-state index contributed by atoms with van der Waals surface area (Å²) in [6.45, 7) is 6.23. The van der Waals surface area contributed by atoms with Gasteiger partial charge in [-0.1, -0.05) is 19.4 Å². The molecule has 0 unspecified atom stereocenters. The zero-order chi connectivity index (χ0) is 10.8. The third kappa shape index (κ3) is 2.23. The summed E-state index contributed by atoms with van der Waals surface area (Å²) in [4.78, 5) is 11.7. The first-order valence-corrected chi connectivity index (χ1v) is 5.05. The van der Waals surface area contributed by atoms with Gasteiger partial charge in [0.15, 0.2) is 5.78 Å². The van der Waals surface area contributed by atoms with Gasteiger partial charge in [0.05, 0.1) is 6.07 Å². The van der Waals surface area contributed by atoms with E-state index in [-0.39, 0.29) is 17.1 Å². The molecule has 0 saturated heterocycles. The molecule has 76 valence electrons. The topological polar surface area (TPSA) is 40.9 Å².